The van der Waals surface area contributed by atoms with Gasteiger partial charge in [-0.2, -0.15) is 0 Å². The minimum Gasteiger partial charge on any atom is -0.342 e. The molecule has 22 heavy (non-hydrogen) atoms. The van der Waals surface area contributed by atoms with Gasteiger partial charge in [-0.05, 0) is 17.7 Å². The fourth-order valence-electron chi connectivity index (χ4n) is 1.99. The van der Waals surface area contributed by atoms with Gasteiger partial charge in [0.1, 0.15) is 11.9 Å². The molecule has 1 N–H and O–H groups in total. The first-order valence-corrected chi connectivity index (χ1v) is 6.93. The van der Waals surface area contributed by atoms with Crippen molar-refractivity contribution in [2.75, 3.05) is 0 Å². The molecule has 1 atom stereocenters. The monoisotopic (exact) mass is 307 g/mol. The van der Waals surface area contributed by atoms with Gasteiger partial charge in [0, 0.05) is 24.9 Å². The number of halogens is 2. The van der Waals surface area contributed by atoms with Crippen LogP contribution in [-0.4, -0.2) is 15.5 Å². The van der Waals surface area contributed by atoms with E-state index in [1.807, 2.05) is 0 Å². The Kier molecular flexibility index (Phi) is 4.30. The number of hydrogen-bond donors (Lipinski definition) is 1. The molecule has 0 saturated carbocycles. The third kappa shape index (κ3) is 3.32. The van der Waals surface area contributed by atoms with E-state index in [-0.39, 0.29) is 5.91 Å². The average molecular weight is 307 g/mol. The number of aromatic nitrogens is 2. The molecule has 1 heterocycles. The molecular weight excluding hydrogens is 288 g/mol. The molecule has 0 bridgehead atoms. The van der Waals surface area contributed by atoms with Crippen LogP contribution in [0.15, 0.2) is 30.6 Å². The number of benzene rings is 1. The lowest BCUT2D eigenvalue weighted by molar-refractivity contribution is -0.129. The molecule has 0 aliphatic carbocycles. The summed E-state index contributed by atoms with van der Waals surface area (Å²) in [6, 6.07) is 2.92. The molecule has 0 saturated heterocycles. The number of hydrogen-bond acceptors (Lipinski definition) is 2. The van der Waals surface area contributed by atoms with Gasteiger partial charge in [-0.3, -0.25) is 4.79 Å². The zero-order chi connectivity index (χ0) is 16.5. The van der Waals surface area contributed by atoms with Gasteiger partial charge in [0.25, 0.3) is 0 Å². The SMILES string of the molecule is Cn1ccnc1[C@H](NC(=O)C(C)(C)C)c1ccc(F)c(F)c1. The van der Waals surface area contributed by atoms with Crippen molar-refractivity contribution >= 4 is 5.91 Å². The van der Waals surface area contributed by atoms with Gasteiger partial charge >= 0.3 is 0 Å². The zero-order valence-corrected chi connectivity index (χ0v) is 13.0. The quantitative estimate of drug-likeness (QED) is 0.947. The van der Waals surface area contributed by atoms with Crippen molar-refractivity contribution in [2.24, 2.45) is 12.5 Å². The average Bonchev–Trinajstić information content (AvgIpc) is 2.84. The first-order chi connectivity index (χ1) is 10.2. The van der Waals surface area contributed by atoms with E-state index in [1.54, 1.807) is 44.8 Å². The van der Waals surface area contributed by atoms with Crippen molar-refractivity contribution < 1.29 is 13.6 Å². The Morgan fingerprint density at radius 3 is 2.45 bits per heavy atom. The number of nitrogens with zero attached hydrogens (tertiary/aromatic N) is 2. The molecule has 118 valence electrons. The number of imidazole rings is 1. The highest BCUT2D eigenvalue weighted by molar-refractivity contribution is 5.82. The van der Waals surface area contributed by atoms with Crippen molar-refractivity contribution in [3.05, 3.63) is 53.6 Å². The van der Waals surface area contributed by atoms with Gasteiger partial charge in [0.05, 0.1) is 0 Å². The molecule has 1 aromatic carbocycles. The Hall–Kier alpha value is -2.24. The number of carbonyl (C=O) groups is 1. The van der Waals surface area contributed by atoms with Crippen molar-refractivity contribution in [1.29, 1.82) is 0 Å². The highest BCUT2D eigenvalue weighted by Crippen LogP contribution is 2.24. The Balaban J connectivity index is 2.44. The molecule has 0 unspecified atom stereocenters. The maximum Gasteiger partial charge on any atom is 0.226 e. The number of nitrogens with one attached hydrogen (secondary N) is 1. The lowest BCUT2D eigenvalue weighted by Crippen LogP contribution is -2.38. The van der Waals surface area contributed by atoms with Crippen LogP contribution >= 0.6 is 0 Å². The summed E-state index contributed by atoms with van der Waals surface area (Å²) in [6.07, 6.45) is 3.32. The minimum absolute atomic E-state index is 0.203. The molecule has 0 fully saturated rings. The van der Waals surface area contributed by atoms with Gasteiger partial charge in [-0.1, -0.05) is 26.8 Å². The fourth-order valence-corrected chi connectivity index (χ4v) is 1.99. The molecule has 0 aliphatic heterocycles. The molecule has 4 nitrogen and oxygen atoms in total. The largest absolute Gasteiger partial charge is 0.342 e. The van der Waals surface area contributed by atoms with Gasteiger partial charge in [0.15, 0.2) is 11.6 Å². The molecule has 0 spiro atoms. The smallest absolute Gasteiger partial charge is 0.226 e. The molecule has 0 aliphatic rings. The van der Waals surface area contributed by atoms with Gasteiger partial charge < -0.3 is 9.88 Å². The maximum atomic E-state index is 13.5. The Morgan fingerprint density at radius 1 is 1.27 bits per heavy atom. The number of carbonyl (C=O) groups excluding carboxylic acids is 1. The van der Waals surface area contributed by atoms with E-state index in [9.17, 15) is 13.6 Å². The Bertz CT molecular complexity index is 689. The highest BCUT2D eigenvalue weighted by Gasteiger charge is 2.28. The van der Waals surface area contributed by atoms with Crippen molar-refractivity contribution in [2.45, 2.75) is 26.8 Å². The van der Waals surface area contributed by atoms with E-state index in [2.05, 4.69) is 10.3 Å². The summed E-state index contributed by atoms with van der Waals surface area (Å²) in [5.74, 6) is -1.54. The second kappa shape index (κ2) is 5.87. The third-order valence-corrected chi connectivity index (χ3v) is 3.35. The minimum atomic E-state index is -0.957. The summed E-state index contributed by atoms with van der Waals surface area (Å²) in [5, 5.41) is 2.85. The summed E-state index contributed by atoms with van der Waals surface area (Å²) < 4.78 is 28.4. The van der Waals surface area contributed by atoms with Gasteiger partial charge in [-0.15, -0.1) is 0 Å². The van der Waals surface area contributed by atoms with Crippen LogP contribution in [0.1, 0.15) is 38.2 Å². The Morgan fingerprint density at radius 2 is 1.95 bits per heavy atom. The maximum absolute atomic E-state index is 13.5. The standard InChI is InChI=1S/C16H19F2N3O/c1-16(2,3)15(22)20-13(14-19-7-8-21(14)4)10-5-6-11(17)12(18)9-10/h5-9,13H,1-4H3,(H,20,22)/t13-/m1/s1. The summed E-state index contributed by atoms with van der Waals surface area (Å²) in [4.78, 5) is 16.5. The predicted octanol–water partition coefficient (Wildman–Crippen LogP) is 2.95. The fraction of sp³-hybridized carbons (Fsp3) is 0.375. The van der Waals surface area contributed by atoms with Crippen LogP contribution < -0.4 is 5.32 Å². The van der Waals surface area contributed by atoms with Crippen molar-refractivity contribution in [1.82, 2.24) is 14.9 Å². The predicted molar refractivity (Wildman–Crippen MR) is 79.0 cm³/mol. The molecule has 0 radical (unpaired) electrons. The van der Waals surface area contributed by atoms with E-state index < -0.39 is 23.1 Å². The van der Waals surface area contributed by atoms with Crippen LogP contribution in [0.2, 0.25) is 0 Å². The first kappa shape index (κ1) is 16.1. The summed E-state index contributed by atoms with van der Waals surface area (Å²) in [5.41, 5.74) is -0.173. The van der Waals surface area contributed by atoms with Crippen molar-refractivity contribution in [3.8, 4) is 0 Å². The molecule has 1 amide bonds. The topological polar surface area (TPSA) is 46.9 Å². The lowest BCUT2D eigenvalue weighted by atomic mass is 9.94. The van der Waals surface area contributed by atoms with E-state index in [0.717, 1.165) is 12.1 Å². The van der Waals surface area contributed by atoms with Crippen molar-refractivity contribution in [3.63, 3.8) is 0 Å². The van der Waals surface area contributed by atoms with Crippen LogP contribution in [0.4, 0.5) is 8.78 Å². The van der Waals surface area contributed by atoms with E-state index in [1.165, 1.54) is 6.07 Å². The number of aryl methyl sites for hydroxylation is 1. The second-order valence-corrected chi connectivity index (χ2v) is 6.23. The second-order valence-electron chi connectivity index (χ2n) is 6.23. The van der Waals surface area contributed by atoms with Gasteiger partial charge in [-0.25, -0.2) is 13.8 Å². The number of amides is 1. The molecule has 2 aromatic rings. The van der Waals surface area contributed by atoms with Crippen LogP contribution in [0.3, 0.4) is 0 Å². The molecule has 6 heteroatoms. The number of rotatable bonds is 3. The highest BCUT2D eigenvalue weighted by atomic mass is 19.2. The van der Waals surface area contributed by atoms with E-state index in [4.69, 9.17) is 0 Å². The summed E-state index contributed by atoms with van der Waals surface area (Å²) >= 11 is 0. The van der Waals surface area contributed by atoms with Crippen LogP contribution in [0.5, 0.6) is 0 Å². The van der Waals surface area contributed by atoms with E-state index >= 15 is 0 Å². The van der Waals surface area contributed by atoms with E-state index in [0.29, 0.717) is 11.4 Å². The summed E-state index contributed by atoms with van der Waals surface area (Å²) in [6.45, 7) is 5.34. The first-order valence-electron chi connectivity index (χ1n) is 6.93. The normalized spacial score (nSPS) is 13.0. The lowest BCUT2D eigenvalue weighted by Gasteiger charge is -2.24. The molecule has 1 aromatic heterocycles. The van der Waals surface area contributed by atoms with Crippen LogP contribution in [0, 0.1) is 17.0 Å². The zero-order valence-electron chi connectivity index (χ0n) is 13.0. The Labute approximate surface area is 128 Å². The third-order valence-electron chi connectivity index (χ3n) is 3.35. The molecular formula is C16H19F2N3O. The van der Waals surface area contributed by atoms with Crippen LogP contribution in [0.25, 0.3) is 0 Å². The van der Waals surface area contributed by atoms with Gasteiger partial charge in [0.2, 0.25) is 5.91 Å². The summed E-state index contributed by atoms with van der Waals surface area (Å²) in [7, 11) is 1.78. The van der Waals surface area contributed by atoms with Crippen LogP contribution in [-0.2, 0) is 11.8 Å². The molecule has 2 rings (SSSR count).